The van der Waals surface area contributed by atoms with Gasteiger partial charge in [0.05, 0.1) is 12.7 Å². The molecule has 0 spiro atoms. The summed E-state index contributed by atoms with van der Waals surface area (Å²) in [6, 6.07) is 4.39. The van der Waals surface area contributed by atoms with Crippen molar-refractivity contribution in [3.8, 4) is 0 Å². The van der Waals surface area contributed by atoms with Crippen LogP contribution in [0.2, 0.25) is 0 Å². The summed E-state index contributed by atoms with van der Waals surface area (Å²) in [5.41, 5.74) is 1.10. The first-order chi connectivity index (χ1) is 17.7. The Balaban J connectivity index is 1.28. The van der Waals surface area contributed by atoms with E-state index in [1.807, 2.05) is 0 Å². The molecule has 2 unspecified atom stereocenters. The largest absolute Gasteiger partial charge is 0.469 e. The number of aliphatic hydroxyl groups excluding tert-OH is 1. The van der Waals surface area contributed by atoms with Crippen LogP contribution < -0.4 is 15.5 Å². The second-order valence-corrected chi connectivity index (χ2v) is 11.3. The van der Waals surface area contributed by atoms with Gasteiger partial charge in [-0.05, 0) is 55.6 Å². The van der Waals surface area contributed by atoms with Gasteiger partial charge in [0, 0.05) is 37.4 Å². The number of carbonyl (C=O) groups is 1. The van der Waals surface area contributed by atoms with Crippen LogP contribution in [0.5, 0.6) is 0 Å². The number of nitrogens with one attached hydrogen (secondary N) is 2. The van der Waals surface area contributed by atoms with Crippen molar-refractivity contribution in [2.75, 3.05) is 23.3 Å². The first-order valence-corrected chi connectivity index (χ1v) is 14.0. The number of aliphatic hydroxyl groups is 1. The predicted octanol–water partition coefficient (Wildman–Crippen LogP) is 2.33. The molecule has 2 aliphatic carbocycles. The molecule has 2 aromatic rings. The highest BCUT2D eigenvalue weighted by molar-refractivity contribution is 7.46. The summed E-state index contributed by atoms with van der Waals surface area (Å²) in [4.78, 5) is 42.4. The summed E-state index contributed by atoms with van der Waals surface area (Å²) in [6.07, 6.45) is 4.07. The quantitative estimate of drug-likeness (QED) is 0.302. The molecular formula is C24H31FN5O6P. The minimum Gasteiger partial charge on any atom is -0.392 e. The van der Waals surface area contributed by atoms with E-state index in [0.29, 0.717) is 54.8 Å². The SMILES string of the molecule is O=C(NC1CCC(OP(=O)(O)O)CC1)c1cnc(N2CC3CC3C2)nc1NCc1ccc(CO)c(F)c1. The van der Waals surface area contributed by atoms with Crippen LogP contribution in [0.3, 0.4) is 0 Å². The fraction of sp³-hybridized carbons (Fsp3) is 0.542. The number of hydrogen-bond donors (Lipinski definition) is 5. The second kappa shape index (κ2) is 10.6. The van der Waals surface area contributed by atoms with E-state index in [9.17, 15) is 18.9 Å². The number of aromatic nitrogens is 2. The molecule has 0 radical (unpaired) electrons. The van der Waals surface area contributed by atoms with Crippen LogP contribution in [-0.2, 0) is 22.2 Å². The van der Waals surface area contributed by atoms with Crippen molar-refractivity contribution >= 4 is 25.5 Å². The standard InChI is InChI=1S/C24H31FN5O6P/c25-21-7-14(1-2-15(21)13-31)9-26-22-20(10-27-24(29-22)30-11-16-8-17(16)12-30)23(32)28-18-3-5-19(6-4-18)36-37(33,34)35/h1-2,7,10,16-19,31H,3-6,8-9,11-13H2,(H,28,32)(H,26,27,29)(H2,33,34,35). The Morgan fingerprint density at radius 2 is 1.92 bits per heavy atom. The van der Waals surface area contributed by atoms with E-state index in [1.165, 1.54) is 24.8 Å². The van der Waals surface area contributed by atoms with Crippen LogP contribution in [0.4, 0.5) is 16.2 Å². The van der Waals surface area contributed by atoms with Crippen molar-refractivity contribution in [2.24, 2.45) is 11.8 Å². The molecule has 1 aromatic carbocycles. The van der Waals surface area contributed by atoms with Crippen molar-refractivity contribution in [3.63, 3.8) is 0 Å². The molecular weight excluding hydrogens is 504 g/mol. The van der Waals surface area contributed by atoms with Crippen LogP contribution in [0.15, 0.2) is 24.4 Å². The third kappa shape index (κ3) is 6.45. The minimum atomic E-state index is -4.54. The summed E-state index contributed by atoms with van der Waals surface area (Å²) in [7, 11) is -4.54. The van der Waals surface area contributed by atoms with Crippen molar-refractivity contribution in [1.82, 2.24) is 15.3 Å². The maximum absolute atomic E-state index is 14.1. The lowest BCUT2D eigenvalue weighted by Crippen LogP contribution is -2.39. The van der Waals surface area contributed by atoms with Gasteiger partial charge in [0.25, 0.3) is 5.91 Å². The minimum absolute atomic E-state index is 0.178. The number of phosphoric acid groups is 1. The van der Waals surface area contributed by atoms with Gasteiger partial charge in [-0.1, -0.05) is 12.1 Å². The Morgan fingerprint density at radius 1 is 1.19 bits per heavy atom. The van der Waals surface area contributed by atoms with Gasteiger partial charge in [0.1, 0.15) is 17.2 Å². The Hall–Kier alpha value is -2.63. The van der Waals surface area contributed by atoms with Crippen LogP contribution in [-0.4, -0.2) is 56.0 Å². The van der Waals surface area contributed by atoms with Crippen LogP contribution in [0.25, 0.3) is 0 Å². The number of fused-ring (bicyclic) bond motifs is 1. The van der Waals surface area contributed by atoms with Gasteiger partial charge in [-0.25, -0.2) is 13.9 Å². The molecule has 11 nitrogen and oxygen atoms in total. The highest BCUT2D eigenvalue weighted by Gasteiger charge is 2.46. The third-order valence-corrected chi connectivity index (χ3v) is 7.90. The Bertz CT molecular complexity index is 1190. The molecule has 1 saturated heterocycles. The maximum Gasteiger partial charge on any atom is 0.469 e. The first-order valence-electron chi connectivity index (χ1n) is 12.5. The second-order valence-electron chi connectivity index (χ2n) is 10.1. The molecule has 1 aliphatic heterocycles. The smallest absolute Gasteiger partial charge is 0.392 e. The molecule has 2 atom stereocenters. The number of hydrogen-bond acceptors (Lipinski definition) is 8. The lowest BCUT2D eigenvalue weighted by molar-refractivity contribution is 0.0820. The zero-order chi connectivity index (χ0) is 26.2. The van der Waals surface area contributed by atoms with Crippen molar-refractivity contribution in [1.29, 1.82) is 0 Å². The topological polar surface area (TPSA) is 157 Å². The van der Waals surface area contributed by atoms with Crippen molar-refractivity contribution < 1.29 is 33.2 Å². The van der Waals surface area contributed by atoms with Gasteiger partial charge in [-0.15, -0.1) is 0 Å². The highest BCUT2D eigenvalue weighted by atomic mass is 31.2. The summed E-state index contributed by atoms with van der Waals surface area (Å²) >= 11 is 0. The summed E-state index contributed by atoms with van der Waals surface area (Å²) in [6.45, 7) is 1.62. The fourth-order valence-electron chi connectivity index (χ4n) is 5.17. The number of carbonyl (C=O) groups excluding carboxylic acids is 1. The van der Waals surface area contributed by atoms with E-state index in [4.69, 9.17) is 14.3 Å². The normalized spacial score (nSPS) is 25.0. The van der Waals surface area contributed by atoms with Gasteiger partial charge in [0.2, 0.25) is 5.95 Å². The Morgan fingerprint density at radius 3 is 2.57 bits per heavy atom. The number of halogens is 1. The number of rotatable bonds is 9. The molecule has 2 heterocycles. The van der Waals surface area contributed by atoms with E-state index in [0.717, 1.165) is 13.1 Å². The average Bonchev–Trinajstić information content (AvgIpc) is 3.47. The number of benzene rings is 1. The summed E-state index contributed by atoms with van der Waals surface area (Å²) in [5, 5.41) is 15.3. The summed E-state index contributed by atoms with van der Waals surface area (Å²) in [5.74, 6) is 1.38. The number of piperidine rings is 1. The van der Waals surface area contributed by atoms with E-state index in [2.05, 4.69) is 25.5 Å². The highest BCUT2D eigenvalue weighted by Crippen LogP contribution is 2.45. The molecule has 5 N–H and O–H groups in total. The van der Waals surface area contributed by atoms with Gasteiger partial charge < -0.3 is 30.4 Å². The Labute approximate surface area is 213 Å². The maximum atomic E-state index is 14.1. The zero-order valence-corrected chi connectivity index (χ0v) is 21.1. The summed E-state index contributed by atoms with van der Waals surface area (Å²) < 4.78 is 30.0. The fourth-order valence-corrected chi connectivity index (χ4v) is 5.77. The molecule has 3 aliphatic rings. The van der Waals surface area contributed by atoms with Crippen LogP contribution in [0, 0.1) is 17.7 Å². The number of amides is 1. The predicted molar refractivity (Wildman–Crippen MR) is 132 cm³/mol. The van der Waals surface area contributed by atoms with E-state index >= 15 is 0 Å². The van der Waals surface area contributed by atoms with Crippen LogP contribution in [0.1, 0.15) is 53.6 Å². The van der Waals surface area contributed by atoms with E-state index < -0.39 is 19.7 Å². The molecule has 2 saturated carbocycles. The van der Waals surface area contributed by atoms with Gasteiger partial charge in [-0.2, -0.15) is 4.98 Å². The first kappa shape index (κ1) is 26.0. The Kier molecular flexibility index (Phi) is 7.46. The molecule has 1 amide bonds. The van der Waals surface area contributed by atoms with Crippen molar-refractivity contribution in [3.05, 3.63) is 46.9 Å². The van der Waals surface area contributed by atoms with Gasteiger partial charge in [0.15, 0.2) is 0 Å². The monoisotopic (exact) mass is 535 g/mol. The molecule has 1 aromatic heterocycles. The van der Waals surface area contributed by atoms with Gasteiger partial charge >= 0.3 is 7.82 Å². The number of phosphoric ester groups is 1. The molecule has 200 valence electrons. The number of anilines is 2. The van der Waals surface area contributed by atoms with Crippen LogP contribution >= 0.6 is 7.82 Å². The van der Waals surface area contributed by atoms with Gasteiger partial charge in [-0.3, -0.25) is 9.32 Å². The van der Waals surface area contributed by atoms with Crippen molar-refractivity contribution in [2.45, 2.75) is 57.4 Å². The molecule has 37 heavy (non-hydrogen) atoms. The molecule has 3 fully saturated rings. The number of nitrogens with zero attached hydrogens (tertiary/aromatic N) is 3. The molecule has 13 heteroatoms. The lowest BCUT2D eigenvalue weighted by atomic mass is 9.93. The third-order valence-electron chi connectivity index (χ3n) is 7.33. The average molecular weight is 536 g/mol. The van der Waals surface area contributed by atoms with E-state index in [1.54, 1.807) is 6.07 Å². The molecule has 0 bridgehead atoms. The zero-order valence-electron chi connectivity index (χ0n) is 20.2. The lowest BCUT2D eigenvalue weighted by Gasteiger charge is -2.29. The molecule has 5 rings (SSSR count). The van der Waals surface area contributed by atoms with E-state index in [-0.39, 0.29) is 36.2 Å².